The maximum Gasteiger partial charge on any atom is 0.472 e. The Bertz CT molecular complexity index is 1180. The fourth-order valence-electron chi connectivity index (χ4n) is 4.87. The van der Waals surface area contributed by atoms with Crippen molar-refractivity contribution >= 4 is 19.8 Å². The summed E-state index contributed by atoms with van der Waals surface area (Å²) in [5.74, 6) is -0.981. The molecule has 0 amide bonds. The van der Waals surface area contributed by atoms with Crippen molar-refractivity contribution in [2.45, 2.75) is 148 Å². The summed E-state index contributed by atoms with van der Waals surface area (Å²) in [6.45, 7) is 3.36. The van der Waals surface area contributed by atoms with Crippen LogP contribution in [-0.2, 0) is 32.7 Å². The van der Waals surface area contributed by atoms with Crippen LogP contribution >= 0.6 is 7.82 Å². The van der Waals surface area contributed by atoms with Crippen molar-refractivity contribution < 1.29 is 42.7 Å². The highest BCUT2D eigenvalue weighted by Crippen LogP contribution is 2.43. The van der Waals surface area contributed by atoms with E-state index in [0.29, 0.717) is 25.7 Å². The van der Waals surface area contributed by atoms with Crippen molar-refractivity contribution in [2.75, 3.05) is 26.4 Å². The molecular formula is C43H72NO9P. The van der Waals surface area contributed by atoms with Gasteiger partial charge in [0.15, 0.2) is 6.10 Å². The van der Waals surface area contributed by atoms with Crippen molar-refractivity contribution in [1.82, 2.24) is 0 Å². The summed E-state index contributed by atoms with van der Waals surface area (Å²) < 4.78 is 32.6. The van der Waals surface area contributed by atoms with Crippen LogP contribution in [-0.4, -0.2) is 60.5 Å². The van der Waals surface area contributed by atoms with Crippen LogP contribution in [0.1, 0.15) is 136 Å². The molecule has 2 unspecified atom stereocenters. The molecule has 0 aromatic heterocycles. The molecule has 0 saturated carbocycles. The second-order valence-corrected chi connectivity index (χ2v) is 14.4. The number of carbonyl (C=O) groups excluding carboxylic acids is 2. The molecule has 11 heteroatoms. The fourth-order valence-corrected chi connectivity index (χ4v) is 5.63. The van der Waals surface area contributed by atoms with E-state index in [4.69, 9.17) is 24.3 Å². The average Bonchev–Trinajstić information content (AvgIpc) is 3.15. The number of nitrogens with two attached hydrogens (primary N) is 1. The van der Waals surface area contributed by atoms with Gasteiger partial charge in [-0.3, -0.25) is 18.6 Å². The van der Waals surface area contributed by atoms with Gasteiger partial charge >= 0.3 is 19.8 Å². The smallest absolute Gasteiger partial charge is 0.462 e. The molecule has 0 fully saturated rings. The highest BCUT2D eigenvalue weighted by Gasteiger charge is 2.25. The third-order valence-electron chi connectivity index (χ3n) is 7.87. The number of phosphoric ester groups is 1. The van der Waals surface area contributed by atoms with Crippen LogP contribution in [0.2, 0.25) is 0 Å². The highest BCUT2D eigenvalue weighted by atomic mass is 31.2. The fraction of sp³-hybridized carbons (Fsp3) is 0.628. The number of unbranched alkanes of at least 4 members (excludes halogenated alkanes) is 8. The van der Waals surface area contributed by atoms with Gasteiger partial charge in [-0.15, -0.1) is 0 Å². The number of aliphatic hydroxyl groups is 1. The lowest BCUT2D eigenvalue weighted by atomic mass is 10.1. The maximum absolute atomic E-state index is 12.5. The third kappa shape index (κ3) is 37.5. The lowest BCUT2D eigenvalue weighted by molar-refractivity contribution is -0.161. The van der Waals surface area contributed by atoms with Crippen LogP contribution in [0, 0.1) is 0 Å². The van der Waals surface area contributed by atoms with Gasteiger partial charge in [0.2, 0.25) is 0 Å². The molecule has 0 aromatic carbocycles. The largest absolute Gasteiger partial charge is 0.472 e. The van der Waals surface area contributed by atoms with Crippen LogP contribution in [0.15, 0.2) is 85.1 Å². The third-order valence-corrected chi connectivity index (χ3v) is 8.85. The standard InChI is InChI=1S/C43H72NO9P/c1-3-5-7-9-11-12-13-14-15-16-17-18-19-20-22-26-31-35-43(47)53-41(39-52-54(48,49)51-37-36-44)38-50-42(46)34-30-27-23-25-29-33-40(45)32-28-24-21-10-8-6-4-2/h6,8,11-12,14-15,17-18,20-22,24,28,32,40-41,45H,3-5,7,9-10,13,16,19,23,25-27,29-31,33-39,44H2,1-2H3,(H,48,49)/b8-6+,12-11-,15-14-,18-17-,22-20-,24-21+,32-28+/t40?,41-/m1/s1. The van der Waals surface area contributed by atoms with Crippen LogP contribution in [0.25, 0.3) is 0 Å². The molecule has 0 aliphatic carbocycles. The molecule has 0 bridgehead atoms. The number of hydrogen-bond donors (Lipinski definition) is 3. The number of carbonyl (C=O) groups is 2. The monoisotopic (exact) mass is 777 g/mol. The topological polar surface area (TPSA) is 155 Å². The van der Waals surface area contributed by atoms with E-state index in [1.165, 1.54) is 19.3 Å². The van der Waals surface area contributed by atoms with Crippen molar-refractivity contribution in [3.63, 3.8) is 0 Å². The highest BCUT2D eigenvalue weighted by molar-refractivity contribution is 7.47. The lowest BCUT2D eigenvalue weighted by Crippen LogP contribution is -2.29. The maximum atomic E-state index is 12.5. The molecular weight excluding hydrogens is 705 g/mol. The molecule has 0 aliphatic rings. The Labute approximate surface area is 326 Å². The second-order valence-electron chi connectivity index (χ2n) is 13.0. The number of esters is 2. The Kier molecular flexibility index (Phi) is 36.4. The minimum atomic E-state index is -4.42. The van der Waals surface area contributed by atoms with Crippen LogP contribution in [0.3, 0.4) is 0 Å². The van der Waals surface area contributed by atoms with Gasteiger partial charge in [-0.05, 0) is 70.6 Å². The van der Waals surface area contributed by atoms with Gasteiger partial charge < -0.3 is 25.2 Å². The summed E-state index contributed by atoms with van der Waals surface area (Å²) in [5, 5.41) is 10.1. The summed E-state index contributed by atoms with van der Waals surface area (Å²) in [6.07, 6.45) is 43.6. The van der Waals surface area contributed by atoms with Gasteiger partial charge in [0, 0.05) is 19.4 Å². The van der Waals surface area contributed by atoms with Gasteiger partial charge in [0.1, 0.15) is 6.61 Å². The van der Waals surface area contributed by atoms with Crippen molar-refractivity contribution in [3.05, 3.63) is 85.1 Å². The minimum absolute atomic E-state index is 0.0259. The Morgan fingerprint density at radius 1 is 0.667 bits per heavy atom. The molecule has 10 nitrogen and oxygen atoms in total. The van der Waals surface area contributed by atoms with Gasteiger partial charge in [0.05, 0.1) is 19.3 Å². The zero-order valence-corrected chi connectivity index (χ0v) is 34.2. The average molecular weight is 778 g/mol. The van der Waals surface area contributed by atoms with Gasteiger partial charge in [0.25, 0.3) is 0 Å². The molecule has 0 heterocycles. The molecule has 4 N–H and O–H groups in total. The molecule has 0 saturated heterocycles. The van der Waals surface area contributed by atoms with E-state index in [9.17, 15) is 24.2 Å². The molecule has 0 aliphatic heterocycles. The minimum Gasteiger partial charge on any atom is -0.462 e. The number of rotatable bonds is 36. The predicted octanol–water partition coefficient (Wildman–Crippen LogP) is 10.2. The van der Waals surface area contributed by atoms with E-state index in [-0.39, 0.29) is 32.6 Å². The van der Waals surface area contributed by atoms with E-state index in [1.807, 2.05) is 24.3 Å². The normalized spacial score (nSPS) is 14.8. The molecule has 0 radical (unpaired) electrons. The Balaban J connectivity index is 4.40. The molecule has 0 spiro atoms. The van der Waals surface area contributed by atoms with E-state index in [1.54, 1.807) is 6.08 Å². The lowest BCUT2D eigenvalue weighted by Gasteiger charge is -2.19. The van der Waals surface area contributed by atoms with Gasteiger partial charge in [-0.2, -0.15) is 0 Å². The molecule has 3 atom stereocenters. The van der Waals surface area contributed by atoms with Crippen molar-refractivity contribution in [2.24, 2.45) is 5.73 Å². The van der Waals surface area contributed by atoms with Gasteiger partial charge in [-0.25, -0.2) is 4.57 Å². The first-order valence-electron chi connectivity index (χ1n) is 20.2. The van der Waals surface area contributed by atoms with Crippen LogP contribution in [0.4, 0.5) is 0 Å². The van der Waals surface area contributed by atoms with E-state index in [0.717, 1.165) is 64.2 Å². The molecule has 308 valence electrons. The first-order chi connectivity index (χ1) is 26.2. The van der Waals surface area contributed by atoms with E-state index < -0.39 is 38.6 Å². The van der Waals surface area contributed by atoms with Crippen molar-refractivity contribution in [3.8, 4) is 0 Å². The van der Waals surface area contributed by atoms with E-state index in [2.05, 4.69) is 68.5 Å². The summed E-state index contributed by atoms with van der Waals surface area (Å²) in [7, 11) is -4.42. The van der Waals surface area contributed by atoms with E-state index >= 15 is 0 Å². The predicted molar refractivity (Wildman–Crippen MR) is 221 cm³/mol. The summed E-state index contributed by atoms with van der Waals surface area (Å²) >= 11 is 0. The molecule has 54 heavy (non-hydrogen) atoms. The number of phosphoric acid groups is 1. The SMILES string of the molecule is CC/C=C/C/C=C/C=C/C(O)CCCCCCCC(=O)OC[C@H](COP(=O)(O)OCCN)OC(=O)CCC/C=C\C/C=C\C/C=C\C/C=C\CCCCC. The zero-order chi connectivity index (χ0) is 39.8. The van der Waals surface area contributed by atoms with Crippen LogP contribution in [0.5, 0.6) is 0 Å². The molecule has 0 rings (SSSR count). The zero-order valence-electron chi connectivity index (χ0n) is 33.3. The summed E-state index contributed by atoms with van der Waals surface area (Å²) in [4.78, 5) is 34.8. The number of ether oxygens (including phenoxy) is 2. The Morgan fingerprint density at radius 2 is 1.26 bits per heavy atom. The first kappa shape index (κ1) is 51.1. The number of hydrogen-bond acceptors (Lipinski definition) is 9. The van der Waals surface area contributed by atoms with Crippen molar-refractivity contribution in [1.29, 1.82) is 0 Å². The Morgan fingerprint density at radius 3 is 1.93 bits per heavy atom. The molecule has 0 aromatic rings. The van der Waals surface area contributed by atoms with Crippen LogP contribution < -0.4 is 5.73 Å². The quantitative estimate of drug-likeness (QED) is 0.0184. The first-order valence-corrected chi connectivity index (χ1v) is 21.7. The number of allylic oxidation sites excluding steroid dienone is 13. The summed E-state index contributed by atoms with van der Waals surface area (Å²) in [6, 6.07) is 0. The van der Waals surface area contributed by atoms with Gasteiger partial charge in [-0.1, -0.05) is 137 Å². The Hall–Kier alpha value is -2.85. The second kappa shape index (κ2) is 38.4. The number of aliphatic hydroxyl groups excluding tert-OH is 1. The summed E-state index contributed by atoms with van der Waals surface area (Å²) in [5.41, 5.74) is 5.33.